The van der Waals surface area contributed by atoms with Gasteiger partial charge >= 0.3 is 5.97 Å². The van der Waals surface area contributed by atoms with Gasteiger partial charge in [0.15, 0.2) is 0 Å². The Kier molecular flexibility index (Phi) is 3.84. The Labute approximate surface area is 82.3 Å². The number of piperazine rings is 1. The molecule has 0 aromatic heterocycles. The first-order chi connectivity index (χ1) is 6.65. The van der Waals surface area contributed by atoms with Gasteiger partial charge in [-0.2, -0.15) is 0 Å². The highest BCUT2D eigenvalue weighted by Gasteiger charge is 2.29. The fraction of sp³-hybridized carbons (Fsp3) is 0.750. The van der Waals surface area contributed by atoms with Crippen molar-refractivity contribution < 1.29 is 14.7 Å². The van der Waals surface area contributed by atoms with Crippen LogP contribution >= 0.6 is 0 Å². The molecule has 1 saturated heterocycles. The summed E-state index contributed by atoms with van der Waals surface area (Å²) >= 11 is 0. The average molecular weight is 201 g/mol. The molecule has 0 spiro atoms. The number of carboxylic acid groups (broad SMARTS) is 1. The molecule has 0 aromatic rings. The van der Waals surface area contributed by atoms with Crippen molar-refractivity contribution in [3.8, 4) is 0 Å². The molecule has 6 nitrogen and oxygen atoms in total. The summed E-state index contributed by atoms with van der Waals surface area (Å²) in [5.41, 5.74) is 0. The maximum Gasteiger partial charge on any atom is 0.322 e. The quantitative estimate of drug-likeness (QED) is 0.496. The van der Waals surface area contributed by atoms with Gasteiger partial charge in [-0.05, 0) is 0 Å². The molecular formula is C8H15N3O3. The van der Waals surface area contributed by atoms with Crippen molar-refractivity contribution >= 4 is 11.9 Å². The Morgan fingerprint density at radius 3 is 2.93 bits per heavy atom. The van der Waals surface area contributed by atoms with E-state index in [0.717, 1.165) is 6.54 Å². The lowest BCUT2D eigenvalue weighted by molar-refractivity contribution is -0.144. The molecule has 1 heterocycles. The van der Waals surface area contributed by atoms with Crippen LogP contribution in [0.1, 0.15) is 0 Å². The largest absolute Gasteiger partial charge is 0.480 e. The van der Waals surface area contributed by atoms with Crippen molar-refractivity contribution in [2.24, 2.45) is 0 Å². The van der Waals surface area contributed by atoms with E-state index in [1.165, 1.54) is 0 Å². The number of carbonyl (C=O) groups excluding carboxylic acids is 1. The Morgan fingerprint density at radius 1 is 1.64 bits per heavy atom. The molecule has 1 unspecified atom stereocenters. The SMILES string of the molecule is CNC(=O)CN1CCNCC1C(=O)O. The van der Waals surface area contributed by atoms with Crippen molar-refractivity contribution in [1.82, 2.24) is 15.5 Å². The average Bonchev–Trinajstić information content (AvgIpc) is 2.18. The lowest BCUT2D eigenvalue weighted by atomic mass is 10.2. The monoisotopic (exact) mass is 201 g/mol. The smallest absolute Gasteiger partial charge is 0.322 e. The van der Waals surface area contributed by atoms with E-state index in [4.69, 9.17) is 5.11 Å². The molecule has 1 aliphatic rings. The number of rotatable bonds is 3. The Hall–Kier alpha value is -1.14. The van der Waals surface area contributed by atoms with E-state index in [1.807, 2.05) is 0 Å². The minimum absolute atomic E-state index is 0.148. The van der Waals surface area contributed by atoms with Crippen LogP contribution in [0.3, 0.4) is 0 Å². The number of carbonyl (C=O) groups is 2. The fourth-order valence-corrected chi connectivity index (χ4v) is 1.44. The third-order valence-electron chi connectivity index (χ3n) is 2.26. The molecule has 3 N–H and O–H groups in total. The lowest BCUT2D eigenvalue weighted by Gasteiger charge is -2.32. The van der Waals surface area contributed by atoms with Crippen LogP contribution in [0.5, 0.6) is 0 Å². The summed E-state index contributed by atoms with van der Waals surface area (Å²) in [7, 11) is 1.54. The summed E-state index contributed by atoms with van der Waals surface area (Å²) in [6.45, 7) is 1.85. The number of hydrogen-bond donors (Lipinski definition) is 3. The highest BCUT2D eigenvalue weighted by molar-refractivity contribution is 5.79. The van der Waals surface area contributed by atoms with E-state index < -0.39 is 12.0 Å². The van der Waals surface area contributed by atoms with Gasteiger partial charge in [-0.25, -0.2) is 0 Å². The first kappa shape index (κ1) is 10.9. The first-order valence-electron chi connectivity index (χ1n) is 4.53. The number of carboxylic acids is 1. The van der Waals surface area contributed by atoms with Crippen molar-refractivity contribution in [2.75, 3.05) is 33.2 Å². The predicted molar refractivity (Wildman–Crippen MR) is 49.9 cm³/mol. The first-order valence-corrected chi connectivity index (χ1v) is 4.53. The van der Waals surface area contributed by atoms with Gasteiger partial charge in [0.2, 0.25) is 5.91 Å². The molecule has 14 heavy (non-hydrogen) atoms. The molecule has 0 aromatic carbocycles. The van der Waals surface area contributed by atoms with E-state index in [1.54, 1.807) is 11.9 Å². The molecule has 0 aliphatic carbocycles. The van der Waals surface area contributed by atoms with Gasteiger partial charge in [0.05, 0.1) is 6.54 Å². The van der Waals surface area contributed by atoms with Crippen molar-refractivity contribution in [3.05, 3.63) is 0 Å². The van der Waals surface area contributed by atoms with Crippen LogP contribution < -0.4 is 10.6 Å². The van der Waals surface area contributed by atoms with E-state index in [9.17, 15) is 9.59 Å². The molecule has 1 aliphatic heterocycles. The zero-order valence-corrected chi connectivity index (χ0v) is 8.12. The highest BCUT2D eigenvalue weighted by Crippen LogP contribution is 2.02. The van der Waals surface area contributed by atoms with Gasteiger partial charge < -0.3 is 15.7 Å². The topological polar surface area (TPSA) is 81.7 Å². The zero-order valence-electron chi connectivity index (χ0n) is 8.12. The number of aliphatic carboxylic acids is 1. The molecule has 1 atom stereocenters. The second kappa shape index (κ2) is 4.92. The Bertz CT molecular complexity index is 232. The minimum Gasteiger partial charge on any atom is -0.480 e. The van der Waals surface area contributed by atoms with Crippen LogP contribution in [0.2, 0.25) is 0 Å². The van der Waals surface area contributed by atoms with E-state index in [0.29, 0.717) is 13.1 Å². The standard InChI is InChI=1S/C8H15N3O3/c1-9-7(12)5-11-3-2-10-4-6(11)8(13)14/h6,10H,2-5H2,1H3,(H,9,12)(H,13,14). The van der Waals surface area contributed by atoms with Crippen LogP contribution in [0.15, 0.2) is 0 Å². The van der Waals surface area contributed by atoms with Crippen LogP contribution in [-0.2, 0) is 9.59 Å². The van der Waals surface area contributed by atoms with E-state index in [2.05, 4.69) is 10.6 Å². The molecule has 6 heteroatoms. The molecule has 1 rings (SSSR count). The maximum atomic E-state index is 11.1. The van der Waals surface area contributed by atoms with Crippen LogP contribution in [-0.4, -0.2) is 61.2 Å². The van der Waals surface area contributed by atoms with E-state index in [-0.39, 0.29) is 12.5 Å². The van der Waals surface area contributed by atoms with E-state index >= 15 is 0 Å². The maximum absolute atomic E-state index is 11.1. The molecule has 1 amide bonds. The second-order valence-corrected chi connectivity index (χ2v) is 3.20. The molecule has 80 valence electrons. The van der Waals surface area contributed by atoms with Gasteiger partial charge in [0, 0.05) is 26.7 Å². The Morgan fingerprint density at radius 2 is 2.36 bits per heavy atom. The Balaban J connectivity index is 2.54. The predicted octanol–water partition coefficient (Wildman–Crippen LogP) is -1.91. The third-order valence-corrected chi connectivity index (χ3v) is 2.26. The lowest BCUT2D eigenvalue weighted by Crippen LogP contribution is -2.56. The summed E-state index contributed by atoms with van der Waals surface area (Å²) in [5.74, 6) is -1.04. The van der Waals surface area contributed by atoms with Gasteiger partial charge in [0.25, 0.3) is 0 Å². The molecular weight excluding hydrogens is 186 g/mol. The zero-order chi connectivity index (χ0) is 10.6. The summed E-state index contributed by atoms with van der Waals surface area (Å²) in [4.78, 5) is 23.6. The molecule has 0 bridgehead atoms. The third kappa shape index (κ3) is 2.68. The fourth-order valence-electron chi connectivity index (χ4n) is 1.44. The number of hydrogen-bond acceptors (Lipinski definition) is 4. The van der Waals surface area contributed by atoms with Gasteiger partial charge in [-0.15, -0.1) is 0 Å². The normalized spacial score (nSPS) is 23.1. The van der Waals surface area contributed by atoms with Crippen molar-refractivity contribution in [3.63, 3.8) is 0 Å². The second-order valence-electron chi connectivity index (χ2n) is 3.20. The summed E-state index contributed by atoms with van der Waals surface area (Å²) in [6.07, 6.45) is 0. The summed E-state index contributed by atoms with van der Waals surface area (Å²) in [6, 6.07) is -0.596. The van der Waals surface area contributed by atoms with Crippen molar-refractivity contribution in [2.45, 2.75) is 6.04 Å². The summed E-state index contributed by atoms with van der Waals surface area (Å²) < 4.78 is 0. The number of likely N-dealkylation sites (N-methyl/N-ethyl adjacent to an activating group) is 1. The van der Waals surface area contributed by atoms with Crippen LogP contribution in [0, 0.1) is 0 Å². The molecule has 0 radical (unpaired) electrons. The van der Waals surface area contributed by atoms with Gasteiger partial charge in [0.1, 0.15) is 6.04 Å². The number of nitrogens with zero attached hydrogens (tertiary/aromatic N) is 1. The number of nitrogens with one attached hydrogen (secondary N) is 2. The molecule has 0 saturated carbocycles. The van der Waals surface area contributed by atoms with Gasteiger partial charge in [-0.1, -0.05) is 0 Å². The van der Waals surface area contributed by atoms with Crippen LogP contribution in [0.25, 0.3) is 0 Å². The number of amides is 1. The summed E-state index contributed by atoms with van der Waals surface area (Å²) in [5, 5.41) is 14.3. The highest BCUT2D eigenvalue weighted by atomic mass is 16.4. The van der Waals surface area contributed by atoms with Crippen molar-refractivity contribution in [1.29, 1.82) is 0 Å². The minimum atomic E-state index is -0.888. The van der Waals surface area contributed by atoms with Crippen LogP contribution in [0.4, 0.5) is 0 Å². The molecule has 1 fully saturated rings. The van der Waals surface area contributed by atoms with Gasteiger partial charge in [-0.3, -0.25) is 14.5 Å².